The molecule has 1 aromatic carbocycles. The van der Waals surface area contributed by atoms with Crippen molar-refractivity contribution in [2.24, 2.45) is 7.05 Å². The van der Waals surface area contributed by atoms with Gasteiger partial charge in [-0.3, -0.25) is 9.48 Å². The van der Waals surface area contributed by atoms with E-state index in [1.807, 2.05) is 20.9 Å². The molecule has 3 aromatic rings. The number of aryl methyl sites for hydroxylation is 2. The van der Waals surface area contributed by atoms with E-state index in [4.69, 9.17) is 10.2 Å². The Bertz CT molecular complexity index is 845. The predicted octanol–water partition coefficient (Wildman–Crippen LogP) is 2.62. The largest absolute Gasteiger partial charge is 0.451 e. The summed E-state index contributed by atoms with van der Waals surface area (Å²) in [6.45, 7) is 3.75. The summed E-state index contributed by atoms with van der Waals surface area (Å²) in [5.74, 6) is -0.0535. The van der Waals surface area contributed by atoms with E-state index in [2.05, 4.69) is 10.4 Å². The molecule has 3 N–H and O–H groups in total. The number of hydrogen-bond donors (Lipinski definition) is 2. The number of nitrogens with two attached hydrogens (primary N) is 1. The minimum absolute atomic E-state index is 0.248. The van der Waals surface area contributed by atoms with Crippen molar-refractivity contribution < 1.29 is 9.21 Å². The lowest BCUT2D eigenvalue weighted by atomic mass is 10.2. The molecule has 0 aliphatic heterocycles. The number of carbonyl (C=O) groups is 1. The van der Waals surface area contributed by atoms with Gasteiger partial charge in [-0.15, -0.1) is 0 Å². The molecule has 0 saturated heterocycles. The highest BCUT2D eigenvalue weighted by Gasteiger charge is 2.17. The van der Waals surface area contributed by atoms with Gasteiger partial charge in [0, 0.05) is 18.1 Å². The smallest absolute Gasteiger partial charge is 0.291 e. The van der Waals surface area contributed by atoms with Crippen LogP contribution in [-0.4, -0.2) is 15.7 Å². The van der Waals surface area contributed by atoms with Crippen molar-refractivity contribution >= 4 is 28.3 Å². The van der Waals surface area contributed by atoms with Crippen LogP contribution in [0.3, 0.4) is 0 Å². The predicted molar refractivity (Wildman–Crippen MR) is 81.3 cm³/mol. The van der Waals surface area contributed by atoms with Crippen molar-refractivity contribution in [3.63, 3.8) is 0 Å². The average Bonchev–Trinajstić information content (AvgIpc) is 2.95. The van der Waals surface area contributed by atoms with Crippen LogP contribution in [0.25, 0.3) is 11.0 Å². The Hall–Kier alpha value is -2.76. The van der Waals surface area contributed by atoms with Crippen molar-refractivity contribution in [2.75, 3.05) is 11.1 Å². The van der Waals surface area contributed by atoms with Gasteiger partial charge in [-0.25, -0.2) is 0 Å². The second-order valence-electron chi connectivity index (χ2n) is 5.03. The first kappa shape index (κ1) is 13.2. The van der Waals surface area contributed by atoms with Crippen LogP contribution in [0.4, 0.5) is 11.4 Å². The molecular formula is C15H16N4O2. The van der Waals surface area contributed by atoms with E-state index in [1.54, 1.807) is 28.9 Å². The summed E-state index contributed by atoms with van der Waals surface area (Å²) in [5.41, 5.74) is 9.36. The van der Waals surface area contributed by atoms with Gasteiger partial charge in [-0.2, -0.15) is 5.10 Å². The molecule has 0 saturated carbocycles. The van der Waals surface area contributed by atoms with Crippen LogP contribution >= 0.6 is 0 Å². The monoisotopic (exact) mass is 284 g/mol. The maximum atomic E-state index is 12.3. The Balaban J connectivity index is 1.93. The van der Waals surface area contributed by atoms with Gasteiger partial charge in [0.15, 0.2) is 5.76 Å². The number of aromatic nitrogens is 2. The Morgan fingerprint density at radius 3 is 2.76 bits per heavy atom. The number of rotatable bonds is 2. The van der Waals surface area contributed by atoms with Crippen LogP contribution in [-0.2, 0) is 7.05 Å². The van der Waals surface area contributed by atoms with Crippen LogP contribution in [0.1, 0.15) is 21.9 Å². The minimum atomic E-state index is -0.302. The number of nitrogens with one attached hydrogen (secondary N) is 1. The van der Waals surface area contributed by atoms with Gasteiger partial charge in [-0.1, -0.05) is 0 Å². The maximum Gasteiger partial charge on any atom is 0.291 e. The van der Waals surface area contributed by atoms with Crippen LogP contribution in [0, 0.1) is 13.8 Å². The third-order valence-corrected chi connectivity index (χ3v) is 3.51. The molecule has 2 heterocycles. The number of hydrogen-bond acceptors (Lipinski definition) is 4. The summed E-state index contributed by atoms with van der Waals surface area (Å²) in [6.07, 6.45) is 0. The van der Waals surface area contributed by atoms with E-state index < -0.39 is 0 Å². The second kappa shape index (κ2) is 4.66. The fourth-order valence-corrected chi connectivity index (χ4v) is 2.30. The van der Waals surface area contributed by atoms with Crippen molar-refractivity contribution in [3.05, 3.63) is 41.4 Å². The first-order valence-electron chi connectivity index (χ1n) is 6.56. The van der Waals surface area contributed by atoms with Crippen molar-refractivity contribution in [1.82, 2.24) is 9.78 Å². The lowest BCUT2D eigenvalue weighted by Crippen LogP contribution is -2.12. The lowest BCUT2D eigenvalue weighted by Gasteiger charge is -2.03. The lowest BCUT2D eigenvalue weighted by molar-refractivity contribution is 0.0998. The fraction of sp³-hybridized carbons (Fsp3) is 0.200. The zero-order chi connectivity index (χ0) is 15.1. The first-order chi connectivity index (χ1) is 9.95. The third-order valence-electron chi connectivity index (χ3n) is 3.51. The van der Waals surface area contributed by atoms with E-state index >= 15 is 0 Å². The molecule has 0 spiro atoms. The van der Waals surface area contributed by atoms with Crippen molar-refractivity contribution in [3.8, 4) is 0 Å². The van der Waals surface area contributed by atoms with E-state index in [-0.39, 0.29) is 11.7 Å². The average molecular weight is 284 g/mol. The zero-order valence-corrected chi connectivity index (χ0v) is 12.1. The number of nitrogen functional groups attached to an aromatic ring is 1. The highest BCUT2D eigenvalue weighted by Crippen LogP contribution is 2.24. The molecule has 0 fully saturated rings. The number of benzene rings is 1. The van der Waals surface area contributed by atoms with Gasteiger partial charge in [0.25, 0.3) is 5.91 Å². The third kappa shape index (κ3) is 2.24. The number of carbonyl (C=O) groups excluding carboxylic acids is 1. The second-order valence-corrected chi connectivity index (χ2v) is 5.03. The van der Waals surface area contributed by atoms with Gasteiger partial charge >= 0.3 is 0 Å². The van der Waals surface area contributed by atoms with Gasteiger partial charge in [0.2, 0.25) is 0 Å². The molecule has 0 unspecified atom stereocenters. The summed E-state index contributed by atoms with van der Waals surface area (Å²) in [7, 11) is 1.84. The molecule has 0 radical (unpaired) electrons. The molecule has 3 rings (SSSR count). The van der Waals surface area contributed by atoms with Crippen LogP contribution < -0.4 is 11.1 Å². The minimum Gasteiger partial charge on any atom is -0.451 e. The molecule has 0 aliphatic carbocycles. The van der Waals surface area contributed by atoms with Crippen molar-refractivity contribution in [2.45, 2.75) is 13.8 Å². The Morgan fingerprint density at radius 1 is 1.33 bits per heavy atom. The molecule has 0 atom stereocenters. The van der Waals surface area contributed by atoms with Crippen molar-refractivity contribution in [1.29, 1.82) is 0 Å². The summed E-state index contributed by atoms with van der Waals surface area (Å²) < 4.78 is 7.28. The normalized spacial score (nSPS) is 11.0. The summed E-state index contributed by atoms with van der Waals surface area (Å²) in [5, 5.41) is 7.92. The Morgan fingerprint density at radius 2 is 2.10 bits per heavy atom. The van der Waals surface area contributed by atoms with Gasteiger partial charge in [-0.05, 0) is 38.1 Å². The summed E-state index contributed by atoms with van der Waals surface area (Å²) in [6, 6.07) is 6.95. The van der Waals surface area contributed by atoms with E-state index in [9.17, 15) is 4.79 Å². The molecule has 0 bridgehead atoms. The highest BCUT2D eigenvalue weighted by atomic mass is 16.3. The van der Waals surface area contributed by atoms with Gasteiger partial charge < -0.3 is 15.5 Å². The topological polar surface area (TPSA) is 86.1 Å². The van der Waals surface area contributed by atoms with Crippen LogP contribution in [0.2, 0.25) is 0 Å². The molecule has 2 aromatic heterocycles. The fourth-order valence-electron chi connectivity index (χ4n) is 2.30. The molecule has 0 aliphatic rings. The van der Waals surface area contributed by atoms with Gasteiger partial charge in [0.05, 0.1) is 17.1 Å². The summed E-state index contributed by atoms with van der Waals surface area (Å²) in [4.78, 5) is 12.3. The first-order valence-corrected chi connectivity index (χ1v) is 6.56. The number of furan rings is 1. The standard InChI is InChI=1S/C15H16N4O2/c1-8-14(9(2)19(3)18-8)17-15(20)13-7-10-6-11(16)4-5-12(10)21-13/h4-7H,16H2,1-3H3,(H,17,20). The number of anilines is 2. The van der Waals surface area contributed by atoms with E-state index in [0.29, 0.717) is 17.0 Å². The number of amides is 1. The SMILES string of the molecule is Cc1nn(C)c(C)c1NC(=O)c1cc2cc(N)ccc2o1. The quantitative estimate of drug-likeness (QED) is 0.708. The highest BCUT2D eigenvalue weighted by molar-refractivity contribution is 6.05. The van der Waals surface area contributed by atoms with Crippen LogP contribution in [0.15, 0.2) is 28.7 Å². The molecule has 21 heavy (non-hydrogen) atoms. The summed E-state index contributed by atoms with van der Waals surface area (Å²) >= 11 is 0. The Labute approximate surface area is 121 Å². The number of fused-ring (bicyclic) bond motifs is 1. The van der Waals surface area contributed by atoms with Crippen LogP contribution in [0.5, 0.6) is 0 Å². The molecule has 6 heteroatoms. The maximum absolute atomic E-state index is 12.3. The molecule has 6 nitrogen and oxygen atoms in total. The number of nitrogens with zero attached hydrogens (tertiary/aromatic N) is 2. The Kier molecular flexibility index (Phi) is 2.94. The molecule has 108 valence electrons. The molecule has 1 amide bonds. The molecular weight excluding hydrogens is 268 g/mol. The van der Waals surface area contributed by atoms with E-state index in [0.717, 1.165) is 16.8 Å². The van der Waals surface area contributed by atoms with Gasteiger partial charge in [0.1, 0.15) is 5.58 Å². The zero-order valence-electron chi connectivity index (χ0n) is 12.1. The van der Waals surface area contributed by atoms with E-state index in [1.165, 1.54) is 0 Å².